The average Bonchev–Trinajstić information content (AvgIpc) is 3.34. The third kappa shape index (κ3) is 6.88. The van der Waals surface area contributed by atoms with E-state index >= 15 is 0 Å². The zero-order valence-electron chi connectivity index (χ0n) is 21.5. The molecule has 1 aliphatic rings. The number of amides is 1. The lowest BCUT2D eigenvalue weighted by molar-refractivity contribution is -0.117. The van der Waals surface area contributed by atoms with E-state index in [4.69, 9.17) is 14.2 Å². The molecule has 1 N–H and O–H groups in total. The van der Waals surface area contributed by atoms with Gasteiger partial charge < -0.3 is 19.5 Å². The van der Waals surface area contributed by atoms with E-state index in [9.17, 15) is 9.59 Å². The van der Waals surface area contributed by atoms with Crippen molar-refractivity contribution in [3.63, 3.8) is 0 Å². The van der Waals surface area contributed by atoms with Gasteiger partial charge in [0.25, 0.3) is 0 Å². The highest BCUT2D eigenvalue weighted by Gasteiger charge is 2.23. The van der Waals surface area contributed by atoms with Gasteiger partial charge in [0.05, 0.1) is 32.9 Å². The first-order valence-corrected chi connectivity index (χ1v) is 13.1. The molecule has 0 bridgehead atoms. The Morgan fingerprint density at radius 3 is 2.35 bits per heavy atom. The van der Waals surface area contributed by atoms with Crippen molar-refractivity contribution in [2.45, 2.75) is 13.5 Å². The monoisotopic (exact) mass is 523 g/mol. The smallest absolute Gasteiger partial charge is 0.341 e. The SMILES string of the molecule is CCOC(=O)c1cc(-c2ccccc2)sc1NC(=O)CN1CCN(Cc2cc(OC)ccc2OC)CC1. The zero-order chi connectivity index (χ0) is 26.2. The topological polar surface area (TPSA) is 80.3 Å². The fourth-order valence-corrected chi connectivity index (χ4v) is 5.38. The number of hydrogen-bond acceptors (Lipinski definition) is 8. The molecule has 1 fully saturated rings. The summed E-state index contributed by atoms with van der Waals surface area (Å²) in [6.45, 7) is 6.25. The number of piperazine rings is 1. The molecule has 4 rings (SSSR count). The molecule has 1 amide bonds. The Balaban J connectivity index is 1.35. The lowest BCUT2D eigenvalue weighted by Crippen LogP contribution is -2.48. The molecule has 1 aliphatic heterocycles. The number of methoxy groups -OCH3 is 2. The summed E-state index contributed by atoms with van der Waals surface area (Å²) in [6.07, 6.45) is 0. The normalized spacial score (nSPS) is 14.2. The molecule has 0 radical (unpaired) electrons. The van der Waals surface area contributed by atoms with E-state index in [1.807, 2.05) is 48.5 Å². The summed E-state index contributed by atoms with van der Waals surface area (Å²) in [7, 11) is 3.33. The number of nitrogens with one attached hydrogen (secondary N) is 1. The standard InChI is InChI=1S/C28H33N3O5S/c1-4-36-28(33)23-17-25(20-8-6-5-7-9-20)37-27(23)29-26(32)19-31-14-12-30(13-15-31)18-21-16-22(34-2)10-11-24(21)35-3/h5-11,16-17H,4,12-15,18-19H2,1-3H3,(H,29,32). The number of esters is 1. The predicted molar refractivity (Wildman–Crippen MR) is 146 cm³/mol. The van der Waals surface area contributed by atoms with Crippen LogP contribution < -0.4 is 14.8 Å². The minimum absolute atomic E-state index is 0.144. The molecule has 2 heterocycles. The van der Waals surface area contributed by atoms with Gasteiger partial charge in [0.2, 0.25) is 5.91 Å². The van der Waals surface area contributed by atoms with Gasteiger partial charge in [0, 0.05) is 43.2 Å². The fourth-order valence-electron chi connectivity index (χ4n) is 4.31. The Hall–Kier alpha value is -3.40. The van der Waals surface area contributed by atoms with Gasteiger partial charge in [-0.15, -0.1) is 11.3 Å². The minimum Gasteiger partial charge on any atom is -0.497 e. The van der Waals surface area contributed by atoms with Gasteiger partial charge in [-0.3, -0.25) is 14.6 Å². The predicted octanol–water partition coefficient (Wildman–Crippen LogP) is 4.37. The van der Waals surface area contributed by atoms with Crippen LogP contribution in [0.4, 0.5) is 5.00 Å². The van der Waals surface area contributed by atoms with Crippen molar-refractivity contribution in [3.05, 3.63) is 65.7 Å². The fraction of sp³-hybridized carbons (Fsp3) is 0.357. The Morgan fingerprint density at radius 1 is 0.946 bits per heavy atom. The molecule has 2 aromatic carbocycles. The number of carbonyl (C=O) groups excluding carboxylic acids is 2. The van der Waals surface area contributed by atoms with Crippen molar-refractivity contribution in [2.24, 2.45) is 0 Å². The van der Waals surface area contributed by atoms with Crippen LogP contribution in [0.5, 0.6) is 11.5 Å². The Kier molecular flexibility index (Phi) is 9.16. The summed E-state index contributed by atoms with van der Waals surface area (Å²) in [6, 6.07) is 17.4. The second-order valence-electron chi connectivity index (χ2n) is 8.72. The number of thiophene rings is 1. The van der Waals surface area contributed by atoms with Gasteiger partial charge >= 0.3 is 5.97 Å². The number of anilines is 1. The summed E-state index contributed by atoms with van der Waals surface area (Å²) < 4.78 is 16.1. The molecule has 0 saturated carbocycles. The molecule has 1 aromatic heterocycles. The van der Waals surface area contributed by atoms with E-state index in [0.29, 0.717) is 10.6 Å². The van der Waals surface area contributed by atoms with Crippen LogP contribution in [-0.2, 0) is 16.1 Å². The summed E-state index contributed by atoms with van der Waals surface area (Å²) in [5.41, 5.74) is 2.45. The molecule has 3 aromatic rings. The minimum atomic E-state index is -0.433. The van der Waals surface area contributed by atoms with Crippen LogP contribution in [0.2, 0.25) is 0 Å². The van der Waals surface area contributed by atoms with Crippen LogP contribution in [0.25, 0.3) is 10.4 Å². The number of benzene rings is 2. The van der Waals surface area contributed by atoms with Crippen LogP contribution >= 0.6 is 11.3 Å². The van der Waals surface area contributed by atoms with Crippen molar-refractivity contribution < 1.29 is 23.8 Å². The van der Waals surface area contributed by atoms with E-state index in [-0.39, 0.29) is 19.1 Å². The van der Waals surface area contributed by atoms with E-state index in [2.05, 4.69) is 15.1 Å². The van der Waals surface area contributed by atoms with Crippen LogP contribution in [0.15, 0.2) is 54.6 Å². The Bertz CT molecular complexity index is 1210. The highest BCUT2D eigenvalue weighted by Crippen LogP contribution is 2.36. The maximum Gasteiger partial charge on any atom is 0.341 e. The van der Waals surface area contributed by atoms with Gasteiger partial charge in [-0.2, -0.15) is 0 Å². The van der Waals surface area contributed by atoms with E-state index in [1.54, 1.807) is 27.2 Å². The molecule has 9 heteroatoms. The van der Waals surface area contributed by atoms with Crippen molar-refractivity contribution in [1.82, 2.24) is 9.80 Å². The number of nitrogens with zero attached hydrogens (tertiary/aromatic N) is 2. The van der Waals surface area contributed by atoms with Crippen molar-refractivity contribution >= 4 is 28.2 Å². The molecule has 1 saturated heterocycles. The van der Waals surface area contributed by atoms with E-state index < -0.39 is 5.97 Å². The van der Waals surface area contributed by atoms with Crippen molar-refractivity contribution in [3.8, 4) is 21.9 Å². The van der Waals surface area contributed by atoms with Crippen molar-refractivity contribution in [2.75, 3.05) is 58.9 Å². The number of hydrogen-bond donors (Lipinski definition) is 1. The highest BCUT2D eigenvalue weighted by atomic mass is 32.1. The zero-order valence-corrected chi connectivity index (χ0v) is 22.3. The molecule has 0 spiro atoms. The van der Waals surface area contributed by atoms with E-state index in [1.165, 1.54) is 11.3 Å². The lowest BCUT2D eigenvalue weighted by Gasteiger charge is -2.34. The van der Waals surface area contributed by atoms with Gasteiger partial charge in [0.15, 0.2) is 0 Å². The van der Waals surface area contributed by atoms with Crippen molar-refractivity contribution in [1.29, 1.82) is 0 Å². The molecule has 0 atom stereocenters. The molecule has 0 aliphatic carbocycles. The summed E-state index contributed by atoms with van der Waals surface area (Å²) in [4.78, 5) is 30.9. The lowest BCUT2D eigenvalue weighted by atomic mass is 10.1. The van der Waals surface area contributed by atoms with Crippen LogP contribution in [-0.4, -0.2) is 75.2 Å². The van der Waals surface area contributed by atoms with Gasteiger partial charge in [-0.1, -0.05) is 30.3 Å². The number of rotatable bonds is 10. The van der Waals surface area contributed by atoms with Gasteiger partial charge in [0.1, 0.15) is 16.5 Å². The maximum atomic E-state index is 12.9. The number of ether oxygens (including phenoxy) is 3. The van der Waals surface area contributed by atoms with Crippen LogP contribution in [0.1, 0.15) is 22.8 Å². The van der Waals surface area contributed by atoms with Crippen LogP contribution in [0, 0.1) is 0 Å². The molecule has 8 nitrogen and oxygen atoms in total. The largest absolute Gasteiger partial charge is 0.497 e. The third-order valence-electron chi connectivity index (χ3n) is 6.25. The van der Waals surface area contributed by atoms with Crippen LogP contribution in [0.3, 0.4) is 0 Å². The Morgan fingerprint density at radius 2 is 1.68 bits per heavy atom. The summed E-state index contributed by atoms with van der Waals surface area (Å²) in [5, 5.41) is 3.48. The quantitative estimate of drug-likeness (QED) is 0.396. The Labute approximate surface area is 221 Å². The maximum absolute atomic E-state index is 12.9. The van der Waals surface area contributed by atoms with Gasteiger partial charge in [-0.25, -0.2) is 4.79 Å². The third-order valence-corrected chi connectivity index (χ3v) is 7.35. The second-order valence-corrected chi connectivity index (χ2v) is 9.77. The van der Waals surface area contributed by atoms with Gasteiger partial charge in [-0.05, 0) is 36.8 Å². The molecular formula is C28H33N3O5S. The molecule has 0 unspecified atom stereocenters. The van der Waals surface area contributed by atoms with E-state index in [0.717, 1.165) is 60.2 Å². The highest BCUT2D eigenvalue weighted by molar-refractivity contribution is 7.20. The second kappa shape index (κ2) is 12.7. The first-order valence-electron chi connectivity index (χ1n) is 12.3. The molecule has 37 heavy (non-hydrogen) atoms. The summed E-state index contributed by atoms with van der Waals surface area (Å²) in [5.74, 6) is 1.07. The average molecular weight is 524 g/mol. The molecular weight excluding hydrogens is 490 g/mol. The summed E-state index contributed by atoms with van der Waals surface area (Å²) >= 11 is 1.38. The number of carbonyl (C=O) groups is 2. The first kappa shape index (κ1) is 26.7. The molecule has 196 valence electrons. The first-order chi connectivity index (χ1) is 18.0.